The lowest BCUT2D eigenvalue weighted by Gasteiger charge is -2.38. The first kappa shape index (κ1) is 35.0. The monoisotopic (exact) mass is 630 g/mol. The van der Waals surface area contributed by atoms with E-state index in [1.54, 1.807) is 0 Å². The van der Waals surface area contributed by atoms with Gasteiger partial charge in [-0.05, 0) is 110 Å². The summed E-state index contributed by atoms with van der Waals surface area (Å²) >= 11 is 0. The van der Waals surface area contributed by atoms with Crippen LogP contribution >= 0.6 is 0 Å². The van der Waals surface area contributed by atoms with E-state index >= 15 is 4.39 Å². The Balaban J connectivity index is 1.47. The smallest absolute Gasteiger partial charge is 0.312 e. The van der Waals surface area contributed by atoms with E-state index in [0.29, 0.717) is 31.6 Å². The quantitative estimate of drug-likeness (QED) is 0.256. The second-order valence-corrected chi connectivity index (χ2v) is 15.4. The van der Waals surface area contributed by atoms with E-state index in [-0.39, 0.29) is 64.4 Å². The van der Waals surface area contributed by atoms with Crippen molar-refractivity contribution in [1.29, 1.82) is 0 Å². The minimum absolute atomic E-state index is 0.00447. The van der Waals surface area contributed by atoms with Crippen molar-refractivity contribution < 1.29 is 33.0 Å². The van der Waals surface area contributed by atoms with E-state index < -0.39 is 22.7 Å². The number of ether oxygens (including phenoxy) is 3. The number of hydrogen-bond donors (Lipinski definition) is 2. The molecular formula is C36H55FN2O6. The standard InChI is InChI=1S/C36H55FN2O6/c1-10-23(11-2)35(6,7)39-32(41)29-21-12-13-22(18-21)30(29)38-31(40)25-19-28(26(37)20-27(25)43-9)44-24-14-16-36(8,17-15-24)33(42)45-34(3,4)5/h19-24,29-30H,10-18H2,1-9H3,(H,38,40)(H,39,41)/t21-,22+,24?,29+,30-,36?/m1/s1. The Morgan fingerprint density at radius 1 is 0.978 bits per heavy atom. The minimum Gasteiger partial charge on any atom is -0.496 e. The number of benzene rings is 1. The second-order valence-electron chi connectivity index (χ2n) is 15.4. The Kier molecular flexibility index (Phi) is 10.5. The van der Waals surface area contributed by atoms with Gasteiger partial charge in [0.15, 0.2) is 11.6 Å². The van der Waals surface area contributed by atoms with Crippen LogP contribution in [0.3, 0.4) is 0 Å². The second kappa shape index (κ2) is 13.5. The number of methoxy groups -OCH3 is 1. The molecule has 252 valence electrons. The Hall–Kier alpha value is -2.84. The van der Waals surface area contributed by atoms with Crippen LogP contribution in [0.1, 0.15) is 124 Å². The summed E-state index contributed by atoms with van der Waals surface area (Å²) in [7, 11) is 1.40. The van der Waals surface area contributed by atoms with Crippen molar-refractivity contribution in [2.75, 3.05) is 7.11 Å². The molecule has 3 aliphatic rings. The van der Waals surface area contributed by atoms with Gasteiger partial charge in [0, 0.05) is 17.6 Å². The summed E-state index contributed by atoms with van der Waals surface area (Å²) in [6.07, 6.45) is 6.71. The molecule has 2 N–H and O–H groups in total. The number of carbonyl (C=O) groups is 3. The van der Waals surface area contributed by atoms with Crippen LogP contribution in [0.15, 0.2) is 12.1 Å². The number of halogens is 1. The lowest BCUT2D eigenvalue weighted by Crippen LogP contribution is -2.56. The fourth-order valence-electron chi connectivity index (χ4n) is 8.02. The number of fused-ring (bicyclic) bond motifs is 2. The van der Waals surface area contributed by atoms with Gasteiger partial charge in [0.2, 0.25) is 5.91 Å². The largest absolute Gasteiger partial charge is 0.496 e. The molecule has 0 heterocycles. The highest BCUT2D eigenvalue weighted by Gasteiger charge is 2.52. The fourth-order valence-corrected chi connectivity index (χ4v) is 8.02. The molecule has 2 amide bonds. The summed E-state index contributed by atoms with van der Waals surface area (Å²) in [6, 6.07) is 2.28. The van der Waals surface area contributed by atoms with Crippen LogP contribution in [0, 0.1) is 34.9 Å². The number of hydrogen-bond acceptors (Lipinski definition) is 6. The SMILES string of the molecule is CCC(CC)C(C)(C)NC(=O)[C@H]1[C@@H]2CC[C@@H](C2)[C@H]1NC(=O)c1cc(OC2CCC(C)(C(=O)OC(C)(C)C)CC2)c(F)cc1OC. The summed E-state index contributed by atoms with van der Waals surface area (Å²) in [4.78, 5) is 40.3. The van der Waals surface area contributed by atoms with Gasteiger partial charge in [-0.3, -0.25) is 14.4 Å². The first-order chi connectivity index (χ1) is 21.0. The van der Waals surface area contributed by atoms with E-state index in [0.717, 1.165) is 32.1 Å². The van der Waals surface area contributed by atoms with Gasteiger partial charge in [0.05, 0.1) is 30.1 Å². The highest BCUT2D eigenvalue weighted by molar-refractivity contribution is 5.98. The van der Waals surface area contributed by atoms with Crippen LogP contribution in [0.25, 0.3) is 0 Å². The lowest BCUT2D eigenvalue weighted by molar-refractivity contribution is -0.169. The molecule has 4 rings (SSSR count). The van der Waals surface area contributed by atoms with Gasteiger partial charge >= 0.3 is 5.97 Å². The van der Waals surface area contributed by atoms with E-state index in [4.69, 9.17) is 14.2 Å². The van der Waals surface area contributed by atoms with Gasteiger partial charge < -0.3 is 24.8 Å². The van der Waals surface area contributed by atoms with Crippen molar-refractivity contribution in [2.24, 2.45) is 29.1 Å². The number of rotatable bonds is 11. The van der Waals surface area contributed by atoms with Crippen molar-refractivity contribution >= 4 is 17.8 Å². The van der Waals surface area contributed by atoms with E-state index in [1.807, 2.05) is 27.7 Å². The highest BCUT2D eigenvalue weighted by atomic mass is 19.1. The first-order valence-corrected chi connectivity index (χ1v) is 16.9. The third-order valence-corrected chi connectivity index (χ3v) is 10.7. The Morgan fingerprint density at radius 2 is 1.60 bits per heavy atom. The van der Waals surface area contributed by atoms with Crippen molar-refractivity contribution in [3.63, 3.8) is 0 Å². The summed E-state index contributed by atoms with van der Waals surface area (Å²) in [5.41, 5.74) is -1.37. The molecule has 1 aromatic carbocycles. The molecule has 0 unspecified atom stereocenters. The molecule has 3 saturated carbocycles. The van der Waals surface area contributed by atoms with Crippen LogP contribution in [0.2, 0.25) is 0 Å². The van der Waals surface area contributed by atoms with Crippen LogP contribution in [0.5, 0.6) is 11.5 Å². The van der Waals surface area contributed by atoms with Crippen molar-refractivity contribution in [3.05, 3.63) is 23.5 Å². The average molecular weight is 631 g/mol. The van der Waals surface area contributed by atoms with Crippen molar-refractivity contribution in [1.82, 2.24) is 10.6 Å². The van der Waals surface area contributed by atoms with Gasteiger partial charge in [-0.1, -0.05) is 26.7 Å². The van der Waals surface area contributed by atoms with Crippen molar-refractivity contribution in [3.8, 4) is 11.5 Å². The Labute approximate surface area is 268 Å². The summed E-state index contributed by atoms with van der Waals surface area (Å²) in [6.45, 7) is 15.9. The molecule has 8 nitrogen and oxygen atoms in total. The minimum atomic E-state index is -0.622. The van der Waals surface area contributed by atoms with E-state index in [9.17, 15) is 14.4 Å². The zero-order chi connectivity index (χ0) is 33.3. The summed E-state index contributed by atoms with van der Waals surface area (Å²) < 4.78 is 32.4. The normalized spacial score (nSPS) is 28.1. The zero-order valence-corrected chi connectivity index (χ0v) is 28.8. The molecule has 0 radical (unpaired) electrons. The molecule has 0 aliphatic heterocycles. The maximum atomic E-state index is 15.2. The fraction of sp³-hybridized carbons (Fsp3) is 0.750. The van der Waals surface area contributed by atoms with Gasteiger partial charge in [0.1, 0.15) is 11.4 Å². The molecule has 3 aliphatic carbocycles. The van der Waals surface area contributed by atoms with Gasteiger partial charge in [-0.25, -0.2) is 4.39 Å². The Bertz CT molecular complexity index is 1240. The van der Waals surface area contributed by atoms with Gasteiger partial charge in [-0.2, -0.15) is 0 Å². The zero-order valence-electron chi connectivity index (χ0n) is 28.8. The molecule has 45 heavy (non-hydrogen) atoms. The molecular weight excluding hydrogens is 575 g/mol. The lowest BCUT2D eigenvalue weighted by atomic mass is 9.74. The molecule has 2 bridgehead atoms. The highest BCUT2D eigenvalue weighted by Crippen LogP contribution is 2.49. The van der Waals surface area contributed by atoms with Crippen LogP contribution in [-0.4, -0.2) is 48.2 Å². The maximum absolute atomic E-state index is 15.2. The maximum Gasteiger partial charge on any atom is 0.312 e. The molecule has 0 spiro atoms. The molecule has 9 heteroatoms. The first-order valence-electron chi connectivity index (χ1n) is 16.9. The van der Waals surface area contributed by atoms with Crippen LogP contribution in [0.4, 0.5) is 4.39 Å². The predicted molar refractivity (Wildman–Crippen MR) is 172 cm³/mol. The molecule has 3 fully saturated rings. The van der Waals surface area contributed by atoms with E-state index in [1.165, 1.54) is 19.2 Å². The van der Waals surface area contributed by atoms with Crippen molar-refractivity contribution in [2.45, 2.75) is 136 Å². The third-order valence-electron chi connectivity index (χ3n) is 10.7. The molecule has 1 aromatic rings. The average Bonchev–Trinajstić information content (AvgIpc) is 3.56. The summed E-state index contributed by atoms with van der Waals surface area (Å²) in [5, 5.41) is 6.48. The number of nitrogens with one attached hydrogen (secondary N) is 2. The number of amides is 2. The molecule has 4 atom stereocenters. The van der Waals surface area contributed by atoms with Gasteiger partial charge in [0.25, 0.3) is 5.91 Å². The predicted octanol–water partition coefficient (Wildman–Crippen LogP) is 6.98. The van der Waals surface area contributed by atoms with Crippen LogP contribution in [-0.2, 0) is 14.3 Å². The third kappa shape index (κ3) is 7.76. The number of esters is 1. The summed E-state index contributed by atoms with van der Waals surface area (Å²) in [5.74, 6) is -0.699. The van der Waals surface area contributed by atoms with E-state index in [2.05, 4.69) is 38.3 Å². The molecule has 0 aromatic heterocycles. The Morgan fingerprint density at radius 3 is 2.18 bits per heavy atom. The van der Waals surface area contributed by atoms with Gasteiger partial charge in [-0.15, -0.1) is 0 Å². The number of carbonyl (C=O) groups excluding carboxylic acids is 3. The molecule has 0 saturated heterocycles. The van der Waals surface area contributed by atoms with Crippen LogP contribution < -0.4 is 20.1 Å². The topological polar surface area (TPSA) is 103 Å².